The van der Waals surface area contributed by atoms with Crippen LogP contribution in [0.2, 0.25) is 0 Å². The molecule has 2 aromatic carbocycles. The fourth-order valence-corrected chi connectivity index (χ4v) is 3.71. The standard InChI is InChI=1S/C23H16FN3O/c24-20-12-15(17-4-1-7-21-18(17)5-2-10-25-21)8-9-16(20)13-27-14-22-19(23(27)28)6-3-11-26-22/h1-12H,13-14H2. The molecule has 5 heteroatoms. The second-order valence-corrected chi connectivity index (χ2v) is 6.84. The molecule has 0 saturated heterocycles. The third-order valence-electron chi connectivity index (χ3n) is 5.12. The molecule has 0 spiro atoms. The first-order chi connectivity index (χ1) is 13.7. The molecule has 0 saturated carbocycles. The van der Waals surface area contributed by atoms with Gasteiger partial charge in [-0.1, -0.05) is 30.3 Å². The summed E-state index contributed by atoms with van der Waals surface area (Å²) in [7, 11) is 0. The van der Waals surface area contributed by atoms with Gasteiger partial charge in [0.1, 0.15) is 5.82 Å². The molecule has 136 valence electrons. The van der Waals surface area contributed by atoms with Gasteiger partial charge in [0.2, 0.25) is 0 Å². The van der Waals surface area contributed by atoms with Crippen LogP contribution in [0.15, 0.2) is 73.1 Å². The van der Waals surface area contributed by atoms with E-state index in [1.165, 1.54) is 6.07 Å². The van der Waals surface area contributed by atoms with Gasteiger partial charge in [0.15, 0.2) is 0 Å². The van der Waals surface area contributed by atoms with Crippen molar-refractivity contribution in [2.45, 2.75) is 13.1 Å². The van der Waals surface area contributed by atoms with Gasteiger partial charge in [0.05, 0.1) is 23.3 Å². The lowest BCUT2D eigenvalue weighted by molar-refractivity contribution is 0.0765. The van der Waals surface area contributed by atoms with Gasteiger partial charge in [-0.15, -0.1) is 0 Å². The quantitative estimate of drug-likeness (QED) is 0.531. The summed E-state index contributed by atoms with van der Waals surface area (Å²) in [6.07, 6.45) is 3.42. The summed E-state index contributed by atoms with van der Waals surface area (Å²) in [5.74, 6) is -0.429. The van der Waals surface area contributed by atoms with E-state index in [1.807, 2.05) is 36.4 Å². The second-order valence-electron chi connectivity index (χ2n) is 6.84. The van der Waals surface area contributed by atoms with E-state index in [0.717, 1.165) is 27.7 Å². The monoisotopic (exact) mass is 369 g/mol. The zero-order valence-corrected chi connectivity index (χ0v) is 15.0. The number of benzene rings is 2. The third-order valence-corrected chi connectivity index (χ3v) is 5.12. The van der Waals surface area contributed by atoms with Crippen LogP contribution in [0.3, 0.4) is 0 Å². The van der Waals surface area contributed by atoms with Crippen molar-refractivity contribution in [3.05, 3.63) is 95.7 Å². The maximum atomic E-state index is 14.9. The molecule has 0 atom stereocenters. The number of pyridine rings is 2. The fourth-order valence-electron chi connectivity index (χ4n) is 3.71. The largest absolute Gasteiger partial charge is 0.328 e. The lowest BCUT2D eigenvalue weighted by Gasteiger charge is -2.16. The van der Waals surface area contributed by atoms with Crippen LogP contribution in [0.4, 0.5) is 4.39 Å². The molecule has 1 amide bonds. The van der Waals surface area contributed by atoms with E-state index in [-0.39, 0.29) is 18.3 Å². The van der Waals surface area contributed by atoms with Crippen LogP contribution in [-0.2, 0) is 13.1 Å². The molecule has 0 N–H and O–H groups in total. The highest BCUT2D eigenvalue weighted by Crippen LogP contribution is 2.30. The molecule has 0 unspecified atom stereocenters. The number of hydrogen-bond donors (Lipinski definition) is 0. The maximum Gasteiger partial charge on any atom is 0.256 e. The van der Waals surface area contributed by atoms with Gasteiger partial charge < -0.3 is 4.90 Å². The smallest absolute Gasteiger partial charge is 0.256 e. The number of nitrogens with zero attached hydrogens (tertiary/aromatic N) is 3. The number of carbonyl (C=O) groups is 1. The Kier molecular flexibility index (Phi) is 3.86. The van der Waals surface area contributed by atoms with Gasteiger partial charge in [-0.05, 0) is 41.5 Å². The van der Waals surface area contributed by atoms with E-state index in [4.69, 9.17) is 0 Å². The van der Waals surface area contributed by atoms with Crippen molar-refractivity contribution >= 4 is 16.8 Å². The van der Waals surface area contributed by atoms with E-state index in [1.54, 1.807) is 35.5 Å². The zero-order chi connectivity index (χ0) is 19.1. The molecule has 0 radical (unpaired) electrons. The van der Waals surface area contributed by atoms with Crippen LogP contribution in [0.25, 0.3) is 22.0 Å². The van der Waals surface area contributed by atoms with Crippen molar-refractivity contribution in [3.63, 3.8) is 0 Å². The van der Waals surface area contributed by atoms with E-state index in [2.05, 4.69) is 9.97 Å². The highest BCUT2D eigenvalue weighted by molar-refractivity contribution is 5.97. The number of aromatic nitrogens is 2. The number of carbonyl (C=O) groups excluding carboxylic acids is 1. The first-order valence-electron chi connectivity index (χ1n) is 9.06. The topological polar surface area (TPSA) is 46.1 Å². The Hall–Kier alpha value is -3.60. The Labute approximate surface area is 161 Å². The van der Waals surface area contributed by atoms with Crippen LogP contribution in [0.5, 0.6) is 0 Å². The highest BCUT2D eigenvalue weighted by atomic mass is 19.1. The van der Waals surface area contributed by atoms with Crippen molar-refractivity contribution in [1.29, 1.82) is 0 Å². The van der Waals surface area contributed by atoms with Crippen molar-refractivity contribution in [2.24, 2.45) is 0 Å². The van der Waals surface area contributed by atoms with Crippen LogP contribution in [-0.4, -0.2) is 20.8 Å². The van der Waals surface area contributed by atoms with Crippen molar-refractivity contribution in [1.82, 2.24) is 14.9 Å². The second kappa shape index (κ2) is 6.53. The summed E-state index contributed by atoms with van der Waals surface area (Å²) in [6.45, 7) is 0.629. The van der Waals surface area contributed by atoms with E-state index >= 15 is 0 Å². The molecule has 4 nitrogen and oxygen atoms in total. The summed E-state index contributed by atoms with van der Waals surface area (Å²) < 4.78 is 14.9. The molecule has 2 aromatic heterocycles. The molecule has 3 heterocycles. The number of amides is 1. The molecular formula is C23H16FN3O. The van der Waals surface area contributed by atoms with Crippen LogP contribution in [0, 0.1) is 5.82 Å². The number of hydrogen-bond acceptors (Lipinski definition) is 3. The minimum absolute atomic E-state index is 0.105. The Morgan fingerprint density at radius 1 is 0.929 bits per heavy atom. The summed E-state index contributed by atoms with van der Waals surface area (Å²) >= 11 is 0. The van der Waals surface area contributed by atoms with Gasteiger partial charge in [-0.2, -0.15) is 0 Å². The summed E-state index contributed by atoms with van der Waals surface area (Å²) in [6, 6.07) is 18.4. The predicted molar refractivity (Wildman–Crippen MR) is 105 cm³/mol. The summed E-state index contributed by atoms with van der Waals surface area (Å²) in [5, 5.41) is 0.980. The van der Waals surface area contributed by atoms with Crippen LogP contribution in [0.1, 0.15) is 21.6 Å². The highest BCUT2D eigenvalue weighted by Gasteiger charge is 2.28. The maximum absolute atomic E-state index is 14.9. The molecule has 0 aliphatic carbocycles. The number of fused-ring (bicyclic) bond motifs is 2. The van der Waals surface area contributed by atoms with E-state index in [9.17, 15) is 9.18 Å². The zero-order valence-electron chi connectivity index (χ0n) is 15.0. The third kappa shape index (κ3) is 2.72. The van der Waals surface area contributed by atoms with Gasteiger partial charge in [0.25, 0.3) is 5.91 Å². The Balaban J connectivity index is 1.45. The molecule has 5 rings (SSSR count). The van der Waals surface area contributed by atoms with Gasteiger partial charge in [-0.3, -0.25) is 14.8 Å². The minimum Gasteiger partial charge on any atom is -0.328 e. The van der Waals surface area contributed by atoms with Crippen LogP contribution < -0.4 is 0 Å². The average Bonchev–Trinajstić information content (AvgIpc) is 3.05. The molecule has 0 bridgehead atoms. The van der Waals surface area contributed by atoms with Gasteiger partial charge >= 0.3 is 0 Å². The molecule has 28 heavy (non-hydrogen) atoms. The molecular weight excluding hydrogens is 353 g/mol. The SMILES string of the molecule is O=C1c2cccnc2CN1Cc1ccc(-c2cccc3ncccc23)cc1F. The van der Waals surface area contributed by atoms with E-state index in [0.29, 0.717) is 17.7 Å². The first kappa shape index (κ1) is 16.6. The predicted octanol–water partition coefficient (Wildman–Crippen LogP) is 4.59. The summed E-state index contributed by atoms with van der Waals surface area (Å²) in [5.41, 5.74) is 4.43. The van der Waals surface area contributed by atoms with Crippen LogP contribution >= 0.6 is 0 Å². The normalized spacial score (nSPS) is 13.2. The van der Waals surface area contributed by atoms with E-state index < -0.39 is 0 Å². The van der Waals surface area contributed by atoms with Gasteiger partial charge in [-0.25, -0.2) is 4.39 Å². The van der Waals surface area contributed by atoms with Crippen molar-refractivity contribution < 1.29 is 9.18 Å². The molecule has 0 fully saturated rings. The Morgan fingerprint density at radius 2 is 1.75 bits per heavy atom. The molecule has 1 aliphatic rings. The van der Waals surface area contributed by atoms with Gasteiger partial charge in [0, 0.05) is 29.9 Å². The first-order valence-corrected chi connectivity index (χ1v) is 9.06. The van der Waals surface area contributed by atoms with Crippen molar-refractivity contribution in [2.75, 3.05) is 0 Å². The molecule has 4 aromatic rings. The van der Waals surface area contributed by atoms with Crippen molar-refractivity contribution in [3.8, 4) is 11.1 Å². The lowest BCUT2D eigenvalue weighted by Crippen LogP contribution is -2.23. The fraction of sp³-hybridized carbons (Fsp3) is 0.0870. The average molecular weight is 369 g/mol. The summed E-state index contributed by atoms with van der Waals surface area (Å²) in [4.78, 5) is 22.7. The minimum atomic E-state index is -0.324. The molecule has 1 aliphatic heterocycles. The Bertz CT molecular complexity index is 1220. The lowest BCUT2D eigenvalue weighted by atomic mass is 9.99. The Morgan fingerprint density at radius 3 is 2.61 bits per heavy atom. The number of halogens is 1. The number of rotatable bonds is 3.